The van der Waals surface area contributed by atoms with Crippen LogP contribution >= 0.6 is 15.9 Å². The van der Waals surface area contributed by atoms with E-state index in [0.717, 1.165) is 22.9 Å². The van der Waals surface area contributed by atoms with Gasteiger partial charge in [0.2, 0.25) is 12.0 Å². The number of fused-ring (bicyclic) bond motifs is 1. The molecule has 2 aliphatic heterocycles. The van der Waals surface area contributed by atoms with Crippen molar-refractivity contribution < 1.29 is 19.2 Å². The molecule has 2 aromatic rings. The highest BCUT2D eigenvalue weighted by Crippen LogP contribution is 2.35. The first-order chi connectivity index (χ1) is 13.6. The Labute approximate surface area is 171 Å². The van der Waals surface area contributed by atoms with Gasteiger partial charge in [-0.15, -0.1) is 0 Å². The van der Waals surface area contributed by atoms with Gasteiger partial charge < -0.3 is 9.57 Å². The van der Waals surface area contributed by atoms with Crippen LogP contribution in [0.2, 0.25) is 0 Å². The molecule has 28 heavy (non-hydrogen) atoms. The molecule has 0 N–H and O–H groups in total. The lowest BCUT2D eigenvalue weighted by Gasteiger charge is -2.16. The lowest BCUT2D eigenvalue weighted by Crippen LogP contribution is -2.33. The summed E-state index contributed by atoms with van der Waals surface area (Å²) in [5, 5.41) is 4.02. The standard InChI is InChI=1S/C21H19BrN2O4/c1-2-3-12-27-16-10-8-15(9-11-16)24-20(25)17-18(23-28-19(17)21(24)26)13-4-6-14(22)7-5-13/h4-11,17,19H,2-3,12H2,1H3/t17-,19+/m1/s1. The Hall–Kier alpha value is -2.67. The number of ether oxygens (including phenoxy) is 1. The largest absolute Gasteiger partial charge is 0.494 e. The molecule has 0 saturated carbocycles. The Morgan fingerprint density at radius 3 is 2.46 bits per heavy atom. The summed E-state index contributed by atoms with van der Waals surface area (Å²) in [6.07, 6.45) is 1.12. The number of anilines is 1. The van der Waals surface area contributed by atoms with Crippen molar-refractivity contribution in [3.8, 4) is 5.75 Å². The number of hydrogen-bond donors (Lipinski definition) is 0. The first kappa shape index (κ1) is 18.7. The second kappa shape index (κ2) is 7.75. The summed E-state index contributed by atoms with van der Waals surface area (Å²) in [6, 6.07) is 14.4. The maximum atomic E-state index is 13.0. The summed E-state index contributed by atoms with van der Waals surface area (Å²) in [7, 11) is 0. The van der Waals surface area contributed by atoms with Gasteiger partial charge in [0.05, 0.1) is 12.3 Å². The molecular formula is C21H19BrN2O4. The van der Waals surface area contributed by atoms with Crippen LogP contribution in [0.25, 0.3) is 0 Å². The van der Waals surface area contributed by atoms with Gasteiger partial charge >= 0.3 is 0 Å². The zero-order valence-corrected chi connectivity index (χ0v) is 16.9. The van der Waals surface area contributed by atoms with Crippen LogP contribution in [0.5, 0.6) is 5.75 Å². The minimum absolute atomic E-state index is 0.325. The normalized spacial score (nSPS) is 20.8. The first-order valence-electron chi connectivity index (χ1n) is 9.20. The average Bonchev–Trinajstić information content (AvgIpc) is 3.24. The molecule has 2 atom stereocenters. The van der Waals surface area contributed by atoms with E-state index in [0.29, 0.717) is 23.8 Å². The number of benzene rings is 2. The zero-order valence-electron chi connectivity index (χ0n) is 15.3. The topological polar surface area (TPSA) is 68.2 Å². The van der Waals surface area contributed by atoms with E-state index in [1.165, 1.54) is 4.90 Å². The lowest BCUT2D eigenvalue weighted by atomic mass is 9.94. The van der Waals surface area contributed by atoms with E-state index in [2.05, 4.69) is 28.0 Å². The molecule has 0 spiro atoms. The van der Waals surface area contributed by atoms with Crippen molar-refractivity contribution >= 4 is 39.1 Å². The van der Waals surface area contributed by atoms with Crippen molar-refractivity contribution in [2.45, 2.75) is 25.9 Å². The molecule has 0 aromatic heterocycles. The minimum Gasteiger partial charge on any atom is -0.494 e. The van der Waals surface area contributed by atoms with Gasteiger partial charge in [-0.3, -0.25) is 9.59 Å². The molecule has 0 bridgehead atoms. The van der Waals surface area contributed by atoms with Gasteiger partial charge in [-0.2, -0.15) is 0 Å². The third-order valence-corrected chi connectivity index (χ3v) is 5.34. The number of halogens is 1. The van der Waals surface area contributed by atoms with E-state index in [9.17, 15) is 9.59 Å². The average molecular weight is 443 g/mol. The maximum Gasteiger partial charge on any atom is 0.278 e. The number of carbonyl (C=O) groups is 2. The number of imide groups is 1. The smallest absolute Gasteiger partial charge is 0.278 e. The van der Waals surface area contributed by atoms with Crippen LogP contribution in [0, 0.1) is 5.92 Å². The number of carbonyl (C=O) groups excluding carboxylic acids is 2. The molecule has 0 aliphatic carbocycles. The Morgan fingerprint density at radius 2 is 1.79 bits per heavy atom. The Balaban J connectivity index is 1.55. The van der Waals surface area contributed by atoms with Crippen molar-refractivity contribution in [1.29, 1.82) is 0 Å². The number of rotatable bonds is 6. The maximum absolute atomic E-state index is 13.0. The number of unbranched alkanes of at least 4 members (excludes halogenated alkanes) is 1. The highest BCUT2D eigenvalue weighted by Gasteiger charge is 2.56. The van der Waals surface area contributed by atoms with Crippen molar-refractivity contribution in [3.63, 3.8) is 0 Å². The van der Waals surface area contributed by atoms with E-state index in [1.807, 2.05) is 24.3 Å². The monoisotopic (exact) mass is 442 g/mol. The van der Waals surface area contributed by atoms with E-state index in [1.54, 1.807) is 24.3 Å². The molecular weight excluding hydrogens is 424 g/mol. The molecule has 1 saturated heterocycles. The first-order valence-corrected chi connectivity index (χ1v) is 9.99. The third kappa shape index (κ3) is 3.30. The Kier molecular flexibility index (Phi) is 5.17. The van der Waals surface area contributed by atoms with Crippen molar-refractivity contribution in [1.82, 2.24) is 0 Å². The number of amides is 2. The third-order valence-electron chi connectivity index (χ3n) is 4.81. The highest BCUT2D eigenvalue weighted by atomic mass is 79.9. The minimum atomic E-state index is -0.911. The molecule has 4 rings (SSSR count). The summed E-state index contributed by atoms with van der Waals surface area (Å²) in [5.74, 6) is -0.738. The van der Waals surface area contributed by atoms with Crippen LogP contribution < -0.4 is 9.64 Å². The van der Waals surface area contributed by atoms with Gasteiger partial charge in [-0.1, -0.05) is 46.6 Å². The van der Waals surface area contributed by atoms with Crippen molar-refractivity contribution in [2.24, 2.45) is 11.1 Å². The second-order valence-electron chi connectivity index (χ2n) is 6.69. The summed E-state index contributed by atoms with van der Waals surface area (Å²) in [4.78, 5) is 32.4. The predicted octanol–water partition coefficient (Wildman–Crippen LogP) is 3.92. The van der Waals surface area contributed by atoms with Crippen LogP contribution in [0.1, 0.15) is 25.3 Å². The van der Waals surface area contributed by atoms with Crippen LogP contribution in [0.3, 0.4) is 0 Å². The summed E-state index contributed by atoms with van der Waals surface area (Å²) >= 11 is 3.39. The van der Waals surface area contributed by atoms with Gasteiger partial charge in [0, 0.05) is 10.0 Å². The summed E-state index contributed by atoms with van der Waals surface area (Å²) < 4.78 is 6.56. The van der Waals surface area contributed by atoms with Gasteiger partial charge in [-0.25, -0.2) is 4.90 Å². The molecule has 0 radical (unpaired) electrons. The molecule has 2 aliphatic rings. The molecule has 1 fully saturated rings. The molecule has 144 valence electrons. The lowest BCUT2D eigenvalue weighted by molar-refractivity contribution is -0.126. The molecule has 2 amide bonds. The molecule has 2 aromatic carbocycles. The van der Waals surface area contributed by atoms with Crippen LogP contribution in [0.4, 0.5) is 5.69 Å². The van der Waals surface area contributed by atoms with Crippen LogP contribution in [-0.2, 0) is 14.4 Å². The number of oxime groups is 1. The SMILES string of the molecule is CCCCOc1ccc(N2C(=O)[C@@H]3C(c4ccc(Br)cc4)=NO[C@@H]3C2=O)cc1. The van der Waals surface area contributed by atoms with Gasteiger partial charge in [-0.05, 0) is 42.8 Å². The zero-order chi connectivity index (χ0) is 19.7. The molecule has 7 heteroatoms. The highest BCUT2D eigenvalue weighted by molar-refractivity contribution is 9.10. The van der Waals surface area contributed by atoms with E-state index in [-0.39, 0.29) is 5.91 Å². The molecule has 6 nitrogen and oxygen atoms in total. The number of nitrogens with zero attached hydrogens (tertiary/aromatic N) is 2. The fraction of sp³-hybridized carbons (Fsp3) is 0.286. The summed E-state index contributed by atoms with van der Waals surface area (Å²) in [6.45, 7) is 2.74. The number of hydrogen-bond acceptors (Lipinski definition) is 5. The Bertz CT molecular complexity index is 924. The van der Waals surface area contributed by atoms with E-state index < -0.39 is 17.9 Å². The van der Waals surface area contributed by atoms with Crippen LogP contribution in [-0.4, -0.2) is 30.2 Å². The fourth-order valence-electron chi connectivity index (χ4n) is 3.32. The quantitative estimate of drug-likeness (QED) is 0.502. The van der Waals surface area contributed by atoms with Gasteiger partial charge in [0.1, 0.15) is 17.4 Å². The second-order valence-corrected chi connectivity index (χ2v) is 7.61. The van der Waals surface area contributed by atoms with Gasteiger partial charge in [0.25, 0.3) is 5.91 Å². The van der Waals surface area contributed by atoms with Crippen molar-refractivity contribution in [2.75, 3.05) is 11.5 Å². The van der Waals surface area contributed by atoms with E-state index in [4.69, 9.17) is 9.57 Å². The predicted molar refractivity (Wildman–Crippen MR) is 108 cm³/mol. The van der Waals surface area contributed by atoms with Crippen LogP contribution in [0.15, 0.2) is 58.2 Å². The van der Waals surface area contributed by atoms with Crippen molar-refractivity contribution in [3.05, 3.63) is 58.6 Å². The fourth-order valence-corrected chi connectivity index (χ4v) is 3.58. The van der Waals surface area contributed by atoms with E-state index >= 15 is 0 Å². The molecule has 2 heterocycles. The molecule has 0 unspecified atom stereocenters. The summed E-state index contributed by atoms with van der Waals surface area (Å²) in [5.41, 5.74) is 1.75. The Morgan fingerprint density at radius 1 is 1.07 bits per heavy atom. The van der Waals surface area contributed by atoms with Gasteiger partial charge in [0.15, 0.2) is 0 Å².